The molecule has 0 bridgehead atoms. The summed E-state index contributed by atoms with van der Waals surface area (Å²) in [5.41, 5.74) is 2.79. The molecule has 1 unspecified atom stereocenters. The smallest absolute Gasteiger partial charge is 0.163 e. The van der Waals surface area contributed by atoms with Gasteiger partial charge in [-0.05, 0) is 16.5 Å². The molecule has 0 aromatic heterocycles. The van der Waals surface area contributed by atoms with Crippen molar-refractivity contribution in [3.05, 3.63) is 35.4 Å². The molecule has 0 fully saturated rings. The fraction of sp³-hybridized carbons (Fsp3) is 0.600. The van der Waals surface area contributed by atoms with Crippen molar-refractivity contribution >= 4 is 0 Å². The van der Waals surface area contributed by atoms with Gasteiger partial charge >= 0.3 is 0 Å². The summed E-state index contributed by atoms with van der Waals surface area (Å²) in [6.45, 7) is 8.78. The number of hydrogen-bond donors (Lipinski definition) is 0. The fourth-order valence-corrected chi connectivity index (χ4v) is 1.95. The third-order valence-corrected chi connectivity index (χ3v) is 3.18. The first-order valence-electron chi connectivity index (χ1n) is 6.06. The number of benzene rings is 1. The molecule has 1 rings (SSSR count). The Bertz CT molecular complexity index is 331. The van der Waals surface area contributed by atoms with Crippen LogP contribution in [0.15, 0.2) is 24.3 Å². The van der Waals surface area contributed by atoms with Crippen LogP contribution in [0.25, 0.3) is 0 Å². The first kappa shape index (κ1) is 14.2. The lowest BCUT2D eigenvalue weighted by molar-refractivity contribution is -0.115. The molecule has 96 valence electrons. The largest absolute Gasteiger partial charge is 0.355 e. The Balaban J connectivity index is 2.87. The summed E-state index contributed by atoms with van der Waals surface area (Å²) in [6, 6.07) is 8.70. The second-order valence-corrected chi connectivity index (χ2v) is 5.50. The van der Waals surface area contributed by atoms with Crippen LogP contribution in [-0.2, 0) is 14.9 Å². The molecule has 1 aromatic rings. The maximum absolute atomic E-state index is 5.29. The van der Waals surface area contributed by atoms with Crippen LogP contribution in [0.4, 0.5) is 0 Å². The van der Waals surface area contributed by atoms with Crippen LogP contribution in [0.5, 0.6) is 0 Å². The van der Waals surface area contributed by atoms with Crippen LogP contribution in [0.2, 0.25) is 0 Å². The van der Waals surface area contributed by atoms with E-state index in [1.807, 2.05) is 0 Å². The zero-order valence-electron chi connectivity index (χ0n) is 11.8. The van der Waals surface area contributed by atoms with Gasteiger partial charge in [-0.15, -0.1) is 0 Å². The van der Waals surface area contributed by atoms with Gasteiger partial charge in [-0.25, -0.2) is 0 Å². The Kier molecular flexibility index (Phi) is 4.72. The first-order chi connectivity index (χ1) is 7.90. The lowest BCUT2D eigenvalue weighted by Crippen LogP contribution is -2.21. The number of rotatable bonds is 4. The van der Waals surface area contributed by atoms with Crippen LogP contribution in [-0.4, -0.2) is 20.5 Å². The van der Waals surface area contributed by atoms with Crippen molar-refractivity contribution in [2.75, 3.05) is 14.2 Å². The summed E-state index contributed by atoms with van der Waals surface area (Å²) in [7, 11) is 3.35. The Labute approximate surface area is 105 Å². The van der Waals surface area contributed by atoms with E-state index in [2.05, 4.69) is 52.0 Å². The third kappa shape index (κ3) is 3.55. The van der Waals surface area contributed by atoms with E-state index >= 15 is 0 Å². The lowest BCUT2D eigenvalue weighted by atomic mass is 9.85. The van der Waals surface area contributed by atoms with Gasteiger partial charge in [0.15, 0.2) is 6.29 Å². The molecule has 0 spiro atoms. The molecule has 0 aliphatic carbocycles. The Morgan fingerprint density at radius 3 is 1.76 bits per heavy atom. The molecule has 2 heteroatoms. The van der Waals surface area contributed by atoms with Crippen molar-refractivity contribution in [1.29, 1.82) is 0 Å². The van der Waals surface area contributed by atoms with Crippen molar-refractivity contribution in [2.24, 2.45) is 0 Å². The molecule has 0 saturated heterocycles. The van der Waals surface area contributed by atoms with Gasteiger partial charge in [0.25, 0.3) is 0 Å². The third-order valence-electron chi connectivity index (χ3n) is 3.18. The maximum Gasteiger partial charge on any atom is 0.163 e. The SMILES string of the molecule is COC(OC)C(C)c1ccc(C(C)(C)C)cc1. The molecule has 0 heterocycles. The minimum Gasteiger partial charge on any atom is -0.355 e. The van der Waals surface area contributed by atoms with Crippen molar-refractivity contribution < 1.29 is 9.47 Å². The molecular formula is C15H24O2. The van der Waals surface area contributed by atoms with E-state index in [1.165, 1.54) is 11.1 Å². The van der Waals surface area contributed by atoms with Crippen molar-refractivity contribution in [3.8, 4) is 0 Å². The normalized spacial score (nSPS) is 14.1. The van der Waals surface area contributed by atoms with Crippen molar-refractivity contribution in [2.45, 2.75) is 45.3 Å². The molecule has 1 atom stereocenters. The van der Waals surface area contributed by atoms with E-state index in [0.717, 1.165) is 0 Å². The van der Waals surface area contributed by atoms with Crippen LogP contribution in [0.3, 0.4) is 0 Å². The first-order valence-corrected chi connectivity index (χ1v) is 6.06. The minimum absolute atomic E-state index is 0.185. The van der Waals surface area contributed by atoms with Gasteiger partial charge in [-0.3, -0.25) is 0 Å². The second kappa shape index (κ2) is 5.65. The molecule has 1 aromatic carbocycles. The molecule has 0 aliphatic rings. The molecule has 0 N–H and O–H groups in total. The molecule has 0 aliphatic heterocycles. The summed E-state index contributed by atoms with van der Waals surface area (Å²) < 4.78 is 10.6. The molecule has 2 nitrogen and oxygen atoms in total. The average molecular weight is 236 g/mol. The van der Waals surface area contributed by atoms with Gasteiger partial charge in [0.05, 0.1) is 0 Å². The number of hydrogen-bond acceptors (Lipinski definition) is 2. The van der Waals surface area contributed by atoms with Gasteiger partial charge in [0.1, 0.15) is 0 Å². The Hall–Kier alpha value is -0.860. The summed E-state index contributed by atoms with van der Waals surface area (Å²) >= 11 is 0. The van der Waals surface area contributed by atoms with Crippen LogP contribution in [0.1, 0.15) is 44.7 Å². The van der Waals surface area contributed by atoms with E-state index < -0.39 is 0 Å². The predicted molar refractivity (Wildman–Crippen MR) is 71.4 cm³/mol. The number of ether oxygens (including phenoxy) is 2. The van der Waals surface area contributed by atoms with Crippen LogP contribution < -0.4 is 0 Å². The van der Waals surface area contributed by atoms with E-state index in [0.29, 0.717) is 0 Å². The zero-order valence-corrected chi connectivity index (χ0v) is 11.8. The van der Waals surface area contributed by atoms with Gasteiger partial charge < -0.3 is 9.47 Å². The van der Waals surface area contributed by atoms with E-state index in [4.69, 9.17) is 9.47 Å². The van der Waals surface area contributed by atoms with Crippen molar-refractivity contribution in [3.63, 3.8) is 0 Å². The number of methoxy groups -OCH3 is 2. The standard InChI is InChI=1S/C15H24O2/c1-11(14(16-5)17-6)12-7-9-13(10-8-12)15(2,3)4/h7-11,14H,1-6H3. The summed E-state index contributed by atoms with van der Waals surface area (Å²) in [5, 5.41) is 0. The van der Waals surface area contributed by atoms with Gasteiger partial charge in [0, 0.05) is 20.1 Å². The monoisotopic (exact) mass is 236 g/mol. The minimum atomic E-state index is -0.185. The molecule has 0 saturated carbocycles. The van der Waals surface area contributed by atoms with Gasteiger partial charge in [0.2, 0.25) is 0 Å². The summed E-state index contributed by atoms with van der Waals surface area (Å²) in [6.07, 6.45) is -0.185. The molecular weight excluding hydrogens is 212 g/mol. The predicted octanol–water partition coefficient (Wildman–Crippen LogP) is 3.71. The summed E-state index contributed by atoms with van der Waals surface area (Å²) in [5.74, 6) is 0.235. The quantitative estimate of drug-likeness (QED) is 0.742. The second-order valence-electron chi connectivity index (χ2n) is 5.50. The van der Waals surface area contributed by atoms with Gasteiger partial charge in [-0.2, -0.15) is 0 Å². The highest BCUT2D eigenvalue weighted by Crippen LogP contribution is 2.26. The molecule has 0 radical (unpaired) electrons. The Morgan fingerprint density at radius 2 is 1.41 bits per heavy atom. The van der Waals surface area contributed by atoms with E-state index in [-0.39, 0.29) is 17.6 Å². The molecule has 0 amide bonds. The highest BCUT2D eigenvalue weighted by Gasteiger charge is 2.19. The topological polar surface area (TPSA) is 18.5 Å². The highest BCUT2D eigenvalue weighted by atomic mass is 16.7. The van der Waals surface area contributed by atoms with E-state index in [9.17, 15) is 0 Å². The zero-order chi connectivity index (χ0) is 13.1. The average Bonchev–Trinajstić information content (AvgIpc) is 2.29. The lowest BCUT2D eigenvalue weighted by Gasteiger charge is -2.23. The fourth-order valence-electron chi connectivity index (χ4n) is 1.95. The van der Waals surface area contributed by atoms with Crippen LogP contribution in [0, 0.1) is 0 Å². The molecule has 17 heavy (non-hydrogen) atoms. The van der Waals surface area contributed by atoms with E-state index in [1.54, 1.807) is 14.2 Å². The Morgan fingerprint density at radius 1 is 0.941 bits per heavy atom. The van der Waals surface area contributed by atoms with Gasteiger partial charge in [-0.1, -0.05) is 52.0 Å². The van der Waals surface area contributed by atoms with Crippen LogP contribution >= 0.6 is 0 Å². The summed E-state index contributed by atoms with van der Waals surface area (Å²) in [4.78, 5) is 0. The highest BCUT2D eigenvalue weighted by molar-refractivity contribution is 5.29. The van der Waals surface area contributed by atoms with Crippen molar-refractivity contribution in [1.82, 2.24) is 0 Å². The maximum atomic E-state index is 5.29.